The molecule has 1 N–H and O–H groups in total. The second-order valence-corrected chi connectivity index (χ2v) is 5.22. The molecule has 2 atom stereocenters. The van der Waals surface area contributed by atoms with Crippen LogP contribution in [0.2, 0.25) is 0 Å². The van der Waals surface area contributed by atoms with Crippen molar-refractivity contribution in [1.82, 2.24) is 0 Å². The quantitative estimate of drug-likeness (QED) is 0.852. The van der Waals surface area contributed by atoms with Crippen molar-refractivity contribution in [3.05, 3.63) is 23.3 Å². The third-order valence-corrected chi connectivity index (χ3v) is 3.52. The molecule has 1 aliphatic heterocycles. The molecule has 0 saturated carbocycles. The summed E-state index contributed by atoms with van der Waals surface area (Å²) in [4.78, 5) is 0. The summed E-state index contributed by atoms with van der Waals surface area (Å²) in [5, 5.41) is 10.3. The molecule has 0 aliphatic carbocycles. The molecule has 2 unspecified atom stereocenters. The van der Waals surface area contributed by atoms with Crippen molar-refractivity contribution in [2.24, 2.45) is 0 Å². The number of benzene rings is 1. The Morgan fingerprint density at radius 1 is 1.42 bits per heavy atom. The highest BCUT2D eigenvalue weighted by Gasteiger charge is 2.24. The zero-order valence-corrected chi connectivity index (χ0v) is 12.1. The van der Waals surface area contributed by atoms with E-state index in [-0.39, 0.29) is 6.10 Å². The van der Waals surface area contributed by atoms with Crippen LogP contribution in [0.25, 0.3) is 0 Å². The van der Waals surface area contributed by atoms with Gasteiger partial charge >= 0.3 is 0 Å². The molecule has 3 nitrogen and oxygen atoms in total. The highest BCUT2D eigenvalue weighted by molar-refractivity contribution is 5.49. The lowest BCUT2D eigenvalue weighted by Gasteiger charge is -2.17. The van der Waals surface area contributed by atoms with Gasteiger partial charge in [0.05, 0.1) is 12.7 Å². The van der Waals surface area contributed by atoms with E-state index in [4.69, 9.17) is 9.47 Å². The highest BCUT2D eigenvalue weighted by Crippen LogP contribution is 2.38. The van der Waals surface area contributed by atoms with Crippen LogP contribution in [0, 0.1) is 0 Å². The summed E-state index contributed by atoms with van der Waals surface area (Å²) >= 11 is 0. The Morgan fingerprint density at radius 2 is 2.21 bits per heavy atom. The summed E-state index contributed by atoms with van der Waals surface area (Å²) in [5.41, 5.74) is 2.05. The first kappa shape index (κ1) is 14.2. The number of hydrogen-bond donors (Lipinski definition) is 1. The first-order valence-electron chi connectivity index (χ1n) is 7.30. The average Bonchev–Trinajstić information content (AvgIpc) is 2.74. The largest absolute Gasteiger partial charge is 0.493 e. The van der Waals surface area contributed by atoms with E-state index < -0.39 is 6.10 Å². The first-order valence-corrected chi connectivity index (χ1v) is 7.30. The maximum Gasteiger partial charge on any atom is 0.125 e. The van der Waals surface area contributed by atoms with Crippen molar-refractivity contribution in [2.45, 2.75) is 58.7 Å². The lowest BCUT2D eigenvalue weighted by molar-refractivity contribution is 0.158. The van der Waals surface area contributed by atoms with Gasteiger partial charge < -0.3 is 14.6 Å². The molecule has 0 saturated heterocycles. The van der Waals surface area contributed by atoms with Gasteiger partial charge in [0.1, 0.15) is 17.6 Å². The van der Waals surface area contributed by atoms with Crippen LogP contribution in [-0.2, 0) is 6.42 Å². The molecule has 0 spiro atoms. The Bertz CT molecular complexity index is 428. The Hall–Kier alpha value is -1.22. The summed E-state index contributed by atoms with van der Waals surface area (Å²) in [7, 11) is 0. The molecule has 0 aromatic heterocycles. The second-order valence-electron chi connectivity index (χ2n) is 5.22. The van der Waals surface area contributed by atoms with Crippen LogP contribution in [-0.4, -0.2) is 17.8 Å². The number of aliphatic hydroxyl groups is 1. The smallest absolute Gasteiger partial charge is 0.125 e. The normalized spacial score (nSPS) is 18.8. The second kappa shape index (κ2) is 6.29. The van der Waals surface area contributed by atoms with E-state index in [1.165, 1.54) is 5.56 Å². The van der Waals surface area contributed by atoms with Crippen molar-refractivity contribution >= 4 is 0 Å². The fourth-order valence-electron chi connectivity index (χ4n) is 2.55. The van der Waals surface area contributed by atoms with Crippen LogP contribution in [0.5, 0.6) is 11.5 Å². The molecule has 0 amide bonds. The summed E-state index contributed by atoms with van der Waals surface area (Å²) in [6.45, 7) is 6.77. The zero-order valence-electron chi connectivity index (χ0n) is 12.1. The Labute approximate surface area is 115 Å². The SMILES string of the molecule is CCCCC(O)c1cc2c(cc1OCC)CC(C)O2. The summed E-state index contributed by atoms with van der Waals surface area (Å²) in [5.74, 6) is 1.71. The maximum absolute atomic E-state index is 10.3. The maximum atomic E-state index is 10.3. The van der Waals surface area contributed by atoms with Gasteiger partial charge in [-0.3, -0.25) is 0 Å². The topological polar surface area (TPSA) is 38.7 Å². The summed E-state index contributed by atoms with van der Waals surface area (Å²) in [6.07, 6.45) is 3.53. The van der Waals surface area contributed by atoms with Crippen molar-refractivity contribution in [2.75, 3.05) is 6.61 Å². The predicted octanol–water partition coefficient (Wildman–Crippen LogP) is 3.63. The van der Waals surface area contributed by atoms with Crippen LogP contribution in [0.15, 0.2) is 12.1 Å². The van der Waals surface area contributed by atoms with Gasteiger partial charge in [-0.05, 0) is 32.4 Å². The van der Waals surface area contributed by atoms with Crippen molar-refractivity contribution < 1.29 is 14.6 Å². The predicted molar refractivity (Wildman–Crippen MR) is 75.9 cm³/mol. The molecule has 1 aromatic carbocycles. The Kier molecular flexibility index (Phi) is 4.70. The number of ether oxygens (including phenoxy) is 2. The Morgan fingerprint density at radius 3 is 2.89 bits per heavy atom. The van der Waals surface area contributed by atoms with E-state index >= 15 is 0 Å². The minimum absolute atomic E-state index is 0.215. The number of aliphatic hydroxyl groups excluding tert-OH is 1. The molecule has 2 rings (SSSR count). The molecule has 106 valence electrons. The molecular weight excluding hydrogens is 240 g/mol. The minimum Gasteiger partial charge on any atom is -0.493 e. The molecule has 1 aromatic rings. The van der Waals surface area contributed by atoms with E-state index in [0.717, 1.165) is 42.7 Å². The van der Waals surface area contributed by atoms with Gasteiger partial charge in [-0.2, -0.15) is 0 Å². The number of rotatable bonds is 6. The van der Waals surface area contributed by atoms with Gasteiger partial charge in [-0.15, -0.1) is 0 Å². The van der Waals surface area contributed by atoms with E-state index in [1.807, 2.05) is 19.1 Å². The van der Waals surface area contributed by atoms with Gasteiger partial charge in [0.15, 0.2) is 0 Å². The highest BCUT2D eigenvalue weighted by atomic mass is 16.5. The zero-order chi connectivity index (χ0) is 13.8. The number of unbranched alkanes of at least 4 members (excludes halogenated alkanes) is 1. The van der Waals surface area contributed by atoms with Crippen molar-refractivity contribution in [3.8, 4) is 11.5 Å². The molecule has 1 heterocycles. The Balaban J connectivity index is 2.27. The van der Waals surface area contributed by atoms with Gasteiger partial charge in [-0.1, -0.05) is 19.8 Å². The minimum atomic E-state index is -0.466. The molecule has 0 fully saturated rings. The molecule has 3 heteroatoms. The first-order chi connectivity index (χ1) is 9.15. The summed E-state index contributed by atoms with van der Waals surface area (Å²) < 4.78 is 11.5. The standard InChI is InChI=1S/C16H24O3/c1-4-6-7-14(17)13-10-15-12(8-11(3)19-15)9-16(13)18-5-2/h9-11,14,17H,4-8H2,1-3H3. The van der Waals surface area contributed by atoms with Crippen LogP contribution >= 0.6 is 0 Å². The van der Waals surface area contributed by atoms with Gasteiger partial charge in [0.2, 0.25) is 0 Å². The molecule has 19 heavy (non-hydrogen) atoms. The van der Waals surface area contributed by atoms with Gasteiger partial charge in [0.25, 0.3) is 0 Å². The van der Waals surface area contributed by atoms with Crippen molar-refractivity contribution in [1.29, 1.82) is 0 Å². The van der Waals surface area contributed by atoms with Gasteiger partial charge in [0, 0.05) is 17.5 Å². The summed E-state index contributed by atoms with van der Waals surface area (Å²) in [6, 6.07) is 4.00. The number of fused-ring (bicyclic) bond motifs is 1. The lowest BCUT2D eigenvalue weighted by Crippen LogP contribution is -2.05. The fourth-order valence-corrected chi connectivity index (χ4v) is 2.55. The van der Waals surface area contributed by atoms with E-state index in [1.54, 1.807) is 0 Å². The monoisotopic (exact) mass is 264 g/mol. The molecule has 0 bridgehead atoms. The third kappa shape index (κ3) is 3.21. The van der Waals surface area contributed by atoms with Gasteiger partial charge in [-0.25, -0.2) is 0 Å². The lowest BCUT2D eigenvalue weighted by atomic mass is 9.99. The third-order valence-electron chi connectivity index (χ3n) is 3.52. The van der Waals surface area contributed by atoms with Crippen LogP contribution < -0.4 is 9.47 Å². The van der Waals surface area contributed by atoms with Crippen LogP contribution in [0.1, 0.15) is 57.3 Å². The average molecular weight is 264 g/mol. The van der Waals surface area contributed by atoms with E-state index in [0.29, 0.717) is 6.61 Å². The van der Waals surface area contributed by atoms with E-state index in [2.05, 4.69) is 13.8 Å². The van der Waals surface area contributed by atoms with Crippen LogP contribution in [0.4, 0.5) is 0 Å². The fraction of sp³-hybridized carbons (Fsp3) is 0.625. The van der Waals surface area contributed by atoms with E-state index in [9.17, 15) is 5.11 Å². The van der Waals surface area contributed by atoms with Crippen molar-refractivity contribution in [3.63, 3.8) is 0 Å². The molecule has 1 aliphatic rings. The molecular formula is C16H24O3. The van der Waals surface area contributed by atoms with Crippen LogP contribution in [0.3, 0.4) is 0 Å². The number of hydrogen-bond acceptors (Lipinski definition) is 3. The molecule has 0 radical (unpaired) electrons.